The second-order valence-electron chi connectivity index (χ2n) is 12.9. The summed E-state index contributed by atoms with van der Waals surface area (Å²) in [5.74, 6) is -2.31. The predicted molar refractivity (Wildman–Crippen MR) is 191 cm³/mol. The van der Waals surface area contributed by atoms with Crippen molar-refractivity contribution in [3.8, 4) is 5.75 Å². The van der Waals surface area contributed by atoms with E-state index in [0.717, 1.165) is 30.4 Å². The number of nitrogens with one attached hydrogen (secondary N) is 3. The molecule has 3 aromatic carbocycles. The van der Waals surface area contributed by atoms with Crippen LogP contribution < -0.4 is 20.7 Å². The summed E-state index contributed by atoms with van der Waals surface area (Å²) in [7, 11) is 1.21. The number of hydrogen-bond acceptors (Lipinski definition) is 9. The quantitative estimate of drug-likeness (QED) is 0.0935. The van der Waals surface area contributed by atoms with Crippen molar-refractivity contribution in [3.63, 3.8) is 0 Å². The topological polar surface area (TPSA) is 158 Å². The van der Waals surface area contributed by atoms with Crippen molar-refractivity contribution in [3.05, 3.63) is 101 Å². The van der Waals surface area contributed by atoms with Gasteiger partial charge in [0.05, 0.1) is 7.11 Å². The number of alkyl carbamates (subject to hydrolysis) is 1. The molecule has 0 bridgehead atoms. The first-order valence-corrected chi connectivity index (χ1v) is 17.0. The van der Waals surface area contributed by atoms with Crippen molar-refractivity contribution in [2.24, 2.45) is 0 Å². The van der Waals surface area contributed by atoms with Gasteiger partial charge in [0.2, 0.25) is 11.8 Å². The third-order valence-corrected chi connectivity index (χ3v) is 7.48. The molecule has 2 atom stereocenters. The van der Waals surface area contributed by atoms with Crippen LogP contribution in [0.1, 0.15) is 74.0 Å². The summed E-state index contributed by atoms with van der Waals surface area (Å²) in [6, 6.07) is 20.8. The molecule has 3 aromatic rings. The van der Waals surface area contributed by atoms with Gasteiger partial charge in [0.15, 0.2) is 6.61 Å². The molecule has 0 aliphatic rings. The highest BCUT2D eigenvalue weighted by molar-refractivity contribution is 5.93. The molecule has 274 valence electrons. The molecular formula is C39H49N3O9. The van der Waals surface area contributed by atoms with Crippen molar-refractivity contribution < 1.29 is 42.9 Å². The molecule has 0 aromatic heterocycles. The maximum atomic E-state index is 13.8. The van der Waals surface area contributed by atoms with Crippen molar-refractivity contribution in [2.45, 2.75) is 84.1 Å². The lowest BCUT2D eigenvalue weighted by Gasteiger charge is -2.25. The van der Waals surface area contributed by atoms with Crippen LogP contribution in [-0.2, 0) is 48.0 Å². The van der Waals surface area contributed by atoms with Crippen molar-refractivity contribution in [1.29, 1.82) is 0 Å². The third kappa shape index (κ3) is 14.5. The molecular weight excluding hydrogens is 654 g/mol. The normalized spacial score (nSPS) is 12.1. The van der Waals surface area contributed by atoms with Gasteiger partial charge in [-0.3, -0.25) is 9.59 Å². The number of unbranched alkanes of at least 4 members (excludes halogenated alkanes) is 2. The lowest BCUT2D eigenvalue weighted by molar-refractivity contribution is -0.147. The Kier molecular flexibility index (Phi) is 16.0. The zero-order chi connectivity index (χ0) is 37.2. The fraction of sp³-hybridized carbons (Fsp3) is 0.410. The smallest absolute Gasteiger partial charge is 0.408 e. The maximum Gasteiger partial charge on any atom is 0.408 e. The van der Waals surface area contributed by atoms with Crippen LogP contribution in [0, 0.1) is 0 Å². The molecule has 3 amide bonds. The van der Waals surface area contributed by atoms with Gasteiger partial charge in [-0.2, -0.15) is 0 Å². The largest absolute Gasteiger partial charge is 0.481 e. The van der Waals surface area contributed by atoms with Crippen LogP contribution in [0.2, 0.25) is 0 Å². The van der Waals surface area contributed by atoms with Crippen LogP contribution in [0.5, 0.6) is 5.75 Å². The van der Waals surface area contributed by atoms with E-state index in [1.54, 1.807) is 26.8 Å². The van der Waals surface area contributed by atoms with Gasteiger partial charge in [-0.25, -0.2) is 14.4 Å². The Morgan fingerprint density at radius 1 is 0.745 bits per heavy atom. The van der Waals surface area contributed by atoms with E-state index in [-0.39, 0.29) is 30.8 Å². The number of carbonyl (C=O) groups excluding carboxylic acids is 5. The summed E-state index contributed by atoms with van der Waals surface area (Å²) >= 11 is 0. The Balaban J connectivity index is 1.81. The molecule has 0 radical (unpaired) electrons. The summed E-state index contributed by atoms with van der Waals surface area (Å²) in [5, 5.41) is 8.35. The first-order chi connectivity index (χ1) is 24.4. The van der Waals surface area contributed by atoms with E-state index in [9.17, 15) is 24.0 Å². The standard InChI is InChI=1S/C39H49N3O9/c1-6-7-14-21-40-35(44)31(41-36(45)32(23-27-15-10-8-11-16-27)42-38(47)51-39(2,3)4)24-29-19-20-33(30(22-29)37(46)48-5)49-26-34(43)50-25-28-17-12-9-13-18-28/h8-13,15-20,22,31-32H,6-7,14,21,23-26H2,1-5H3,(H,40,44)(H,41,45)(H,42,47)/t31-,32-/m0/s1. The summed E-state index contributed by atoms with van der Waals surface area (Å²) in [5.41, 5.74) is 1.33. The van der Waals surface area contributed by atoms with Gasteiger partial charge in [0.25, 0.3) is 0 Å². The number of rotatable bonds is 18. The van der Waals surface area contributed by atoms with Gasteiger partial charge in [-0.1, -0.05) is 86.5 Å². The first kappa shape index (κ1) is 40.0. The second kappa shape index (κ2) is 20.3. The number of benzene rings is 3. The van der Waals surface area contributed by atoms with Crippen LogP contribution in [0.3, 0.4) is 0 Å². The van der Waals surface area contributed by atoms with E-state index in [4.69, 9.17) is 18.9 Å². The molecule has 0 saturated carbocycles. The van der Waals surface area contributed by atoms with E-state index < -0.39 is 54.1 Å². The Morgan fingerprint density at radius 2 is 1.37 bits per heavy atom. The Bertz CT molecular complexity index is 1590. The summed E-state index contributed by atoms with van der Waals surface area (Å²) in [6.07, 6.45) is 1.98. The number of esters is 2. The van der Waals surface area contributed by atoms with Gasteiger partial charge in [-0.05, 0) is 56.0 Å². The van der Waals surface area contributed by atoms with E-state index >= 15 is 0 Å². The van der Waals surface area contributed by atoms with Crippen LogP contribution in [0.4, 0.5) is 4.79 Å². The minimum atomic E-state index is -1.08. The molecule has 51 heavy (non-hydrogen) atoms. The minimum absolute atomic E-state index is 0.0146. The number of amides is 3. The van der Waals surface area contributed by atoms with Crippen LogP contribution in [0.15, 0.2) is 78.9 Å². The molecule has 0 unspecified atom stereocenters. The molecule has 12 heteroatoms. The molecule has 12 nitrogen and oxygen atoms in total. The SMILES string of the molecule is CCCCCNC(=O)[C@H](Cc1ccc(OCC(=O)OCc2ccccc2)c(C(=O)OC)c1)NC(=O)[C@H](Cc1ccccc1)NC(=O)OC(C)(C)C. The fourth-order valence-corrected chi connectivity index (χ4v) is 4.95. The number of carbonyl (C=O) groups is 5. The van der Waals surface area contributed by atoms with Gasteiger partial charge in [0.1, 0.15) is 35.6 Å². The molecule has 3 rings (SSSR count). The monoisotopic (exact) mass is 703 g/mol. The van der Waals surface area contributed by atoms with Gasteiger partial charge >= 0.3 is 18.0 Å². The highest BCUT2D eigenvalue weighted by Crippen LogP contribution is 2.23. The lowest BCUT2D eigenvalue weighted by Crippen LogP contribution is -2.55. The third-order valence-electron chi connectivity index (χ3n) is 7.48. The van der Waals surface area contributed by atoms with E-state index in [0.29, 0.717) is 12.1 Å². The van der Waals surface area contributed by atoms with Crippen molar-refractivity contribution in [2.75, 3.05) is 20.3 Å². The Labute approximate surface area is 299 Å². The molecule has 0 aliphatic carbocycles. The zero-order valence-electron chi connectivity index (χ0n) is 30.0. The van der Waals surface area contributed by atoms with E-state index in [2.05, 4.69) is 22.9 Å². The van der Waals surface area contributed by atoms with Crippen LogP contribution in [0.25, 0.3) is 0 Å². The van der Waals surface area contributed by atoms with Gasteiger partial charge in [-0.15, -0.1) is 0 Å². The summed E-state index contributed by atoms with van der Waals surface area (Å²) in [6.45, 7) is 7.22. The highest BCUT2D eigenvalue weighted by Gasteiger charge is 2.29. The van der Waals surface area contributed by atoms with Crippen molar-refractivity contribution >= 4 is 29.8 Å². The van der Waals surface area contributed by atoms with Gasteiger partial charge < -0.3 is 34.9 Å². The Morgan fingerprint density at radius 3 is 2.00 bits per heavy atom. The number of hydrogen-bond donors (Lipinski definition) is 3. The fourth-order valence-electron chi connectivity index (χ4n) is 4.95. The Hall–Kier alpha value is -5.39. The molecule has 0 aliphatic heterocycles. The predicted octanol–water partition coefficient (Wildman–Crippen LogP) is 5.07. The second-order valence-corrected chi connectivity index (χ2v) is 12.9. The molecule has 0 fully saturated rings. The van der Waals surface area contributed by atoms with Crippen LogP contribution >= 0.6 is 0 Å². The lowest BCUT2D eigenvalue weighted by atomic mass is 10.0. The summed E-state index contributed by atoms with van der Waals surface area (Å²) < 4.78 is 21.3. The number of methoxy groups -OCH3 is 1. The maximum absolute atomic E-state index is 13.8. The highest BCUT2D eigenvalue weighted by atomic mass is 16.6. The molecule has 0 spiro atoms. The number of ether oxygens (including phenoxy) is 4. The zero-order valence-corrected chi connectivity index (χ0v) is 30.0. The van der Waals surface area contributed by atoms with Crippen molar-refractivity contribution in [1.82, 2.24) is 16.0 Å². The minimum Gasteiger partial charge on any atom is -0.481 e. The summed E-state index contributed by atoms with van der Waals surface area (Å²) in [4.78, 5) is 65.2. The molecule has 0 heterocycles. The first-order valence-electron chi connectivity index (χ1n) is 17.0. The van der Waals surface area contributed by atoms with E-state index in [1.807, 2.05) is 60.7 Å². The average Bonchev–Trinajstić information content (AvgIpc) is 3.11. The molecule has 0 saturated heterocycles. The van der Waals surface area contributed by atoms with Crippen LogP contribution in [-0.4, -0.2) is 67.8 Å². The molecule has 3 N–H and O–H groups in total. The van der Waals surface area contributed by atoms with Gasteiger partial charge in [0, 0.05) is 19.4 Å². The average molecular weight is 704 g/mol. The van der Waals surface area contributed by atoms with E-state index in [1.165, 1.54) is 19.2 Å².